The minimum absolute atomic E-state index is 0.457. The summed E-state index contributed by atoms with van der Waals surface area (Å²) in [5.74, 6) is 0. The van der Waals surface area contributed by atoms with Gasteiger partial charge >= 0.3 is 6.03 Å². The highest BCUT2D eigenvalue weighted by Crippen LogP contribution is 1.65. The molecule has 0 bridgehead atoms. The van der Waals surface area contributed by atoms with Gasteiger partial charge in [0.1, 0.15) is 0 Å². The molecule has 0 aliphatic rings. The van der Waals surface area contributed by atoms with Crippen molar-refractivity contribution in [3.63, 3.8) is 0 Å². The van der Waals surface area contributed by atoms with E-state index in [1.165, 1.54) is 0 Å². The van der Waals surface area contributed by atoms with Crippen LogP contribution in [0.3, 0.4) is 0 Å². The molecule has 1 radical (unpaired) electrons. The van der Waals surface area contributed by atoms with Crippen molar-refractivity contribution in [3.05, 3.63) is 12.2 Å². The van der Waals surface area contributed by atoms with E-state index in [2.05, 4.69) is 5.32 Å². The molecule has 0 atom stereocenters. The van der Waals surface area contributed by atoms with Gasteiger partial charge < -0.3 is 5.32 Å². The van der Waals surface area contributed by atoms with Crippen LogP contribution in [0.5, 0.6) is 0 Å². The summed E-state index contributed by atoms with van der Waals surface area (Å²) in [5.41, 5.74) is 6.37. The van der Waals surface area contributed by atoms with E-state index in [9.17, 15) is 4.79 Å². The molecule has 0 aromatic carbocycles. The van der Waals surface area contributed by atoms with Crippen LogP contribution in [0.1, 0.15) is 6.92 Å². The van der Waals surface area contributed by atoms with E-state index in [0.29, 0.717) is 6.54 Å². The third-order valence-corrected chi connectivity index (χ3v) is 0.616. The Labute approximate surface area is 48.6 Å². The molecule has 3 nitrogen and oxygen atoms in total. The first-order chi connectivity index (χ1) is 3.77. The average Bonchev–Trinajstić information content (AvgIpc) is 1.66. The van der Waals surface area contributed by atoms with Crippen LogP contribution < -0.4 is 11.1 Å². The summed E-state index contributed by atoms with van der Waals surface area (Å²) in [6.07, 6.45) is 3.59. The molecule has 8 heavy (non-hydrogen) atoms. The van der Waals surface area contributed by atoms with Crippen LogP contribution in [0.2, 0.25) is 0 Å². The molecule has 0 saturated heterocycles. The normalized spacial score (nSPS) is 9.62. The van der Waals surface area contributed by atoms with Crippen molar-refractivity contribution in [1.82, 2.24) is 11.1 Å². The van der Waals surface area contributed by atoms with Crippen molar-refractivity contribution in [2.24, 2.45) is 0 Å². The van der Waals surface area contributed by atoms with Crippen LogP contribution in [0.25, 0.3) is 0 Å². The van der Waals surface area contributed by atoms with Crippen LogP contribution >= 0.6 is 0 Å². The van der Waals surface area contributed by atoms with Crippen molar-refractivity contribution in [2.75, 3.05) is 6.54 Å². The van der Waals surface area contributed by atoms with Gasteiger partial charge in [0.15, 0.2) is 0 Å². The van der Waals surface area contributed by atoms with Gasteiger partial charge in [-0.05, 0) is 6.92 Å². The molecule has 2 N–H and O–H groups in total. The van der Waals surface area contributed by atoms with E-state index in [-0.39, 0.29) is 0 Å². The highest BCUT2D eigenvalue weighted by Gasteiger charge is 1.83. The maximum atomic E-state index is 9.84. The van der Waals surface area contributed by atoms with Gasteiger partial charge in [0.2, 0.25) is 0 Å². The number of nitrogens with one attached hydrogen (secondary N) is 2. The van der Waals surface area contributed by atoms with Gasteiger partial charge in [-0.25, -0.2) is 10.5 Å². The number of carbonyl (C=O) groups excluding carboxylic acids is 1. The number of urea groups is 1. The topological polar surface area (TPSA) is 52.9 Å². The summed E-state index contributed by atoms with van der Waals surface area (Å²) in [5, 5.41) is 2.29. The zero-order chi connectivity index (χ0) is 6.41. The van der Waals surface area contributed by atoms with Crippen LogP contribution in [0, 0.1) is 0 Å². The number of carbonyl (C=O) groups is 1. The van der Waals surface area contributed by atoms with Crippen molar-refractivity contribution >= 4 is 6.03 Å². The number of amides is 2. The van der Waals surface area contributed by atoms with Gasteiger partial charge in [-0.3, -0.25) is 0 Å². The smallest absolute Gasteiger partial charge is 0.333 e. The Bertz CT molecular complexity index is 98.6. The molecule has 3 heteroatoms. The minimum Gasteiger partial charge on any atom is -0.333 e. The second kappa shape index (κ2) is 4.18. The van der Waals surface area contributed by atoms with Gasteiger partial charge in [0, 0.05) is 6.54 Å². The highest BCUT2D eigenvalue weighted by molar-refractivity contribution is 5.70. The summed E-state index contributed by atoms with van der Waals surface area (Å²) >= 11 is 0. The molecule has 0 unspecified atom stereocenters. The van der Waals surface area contributed by atoms with Crippen molar-refractivity contribution in [2.45, 2.75) is 6.92 Å². The van der Waals surface area contributed by atoms with Crippen LogP contribution in [-0.4, -0.2) is 12.6 Å². The van der Waals surface area contributed by atoms with Gasteiger partial charge in [-0.2, -0.15) is 0 Å². The van der Waals surface area contributed by atoms with E-state index in [1.54, 1.807) is 6.08 Å². The standard InChI is InChI=1S/C5H9N2O/c1-2-3-4-7-5(6)8/h2-3,6H,4H2,1H3,(H,7,8)/b3-2+. The SMILES string of the molecule is C/C=C/CNC([NH])=O. The molecule has 2 amide bonds. The average molecular weight is 113 g/mol. The Morgan fingerprint density at radius 1 is 1.88 bits per heavy atom. The minimum atomic E-state index is -0.733. The zero-order valence-electron chi connectivity index (χ0n) is 4.77. The van der Waals surface area contributed by atoms with E-state index in [1.807, 2.05) is 13.0 Å². The largest absolute Gasteiger partial charge is 0.333 e. The van der Waals surface area contributed by atoms with E-state index < -0.39 is 6.03 Å². The summed E-state index contributed by atoms with van der Waals surface area (Å²) < 4.78 is 0. The molecule has 0 rings (SSSR count). The van der Waals surface area contributed by atoms with Crippen molar-refractivity contribution in [1.29, 1.82) is 0 Å². The molecule has 0 aliphatic carbocycles. The van der Waals surface area contributed by atoms with Gasteiger partial charge in [-0.15, -0.1) is 0 Å². The quantitative estimate of drug-likeness (QED) is 0.522. The van der Waals surface area contributed by atoms with Crippen LogP contribution in [0.4, 0.5) is 4.79 Å². The fourth-order valence-electron chi connectivity index (χ4n) is 0.269. The lowest BCUT2D eigenvalue weighted by molar-refractivity contribution is 0.248. The first-order valence-corrected chi connectivity index (χ1v) is 2.38. The number of rotatable bonds is 2. The van der Waals surface area contributed by atoms with Gasteiger partial charge in [-0.1, -0.05) is 12.2 Å². The van der Waals surface area contributed by atoms with Gasteiger partial charge in [0.25, 0.3) is 0 Å². The Morgan fingerprint density at radius 2 is 2.50 bits per heavy atom. The summed E-state index contributed by atoms with van der Waals surface area (Å²) in [7, 11) is 0. The lowest BCUT2D eigenvalue weighted by Gasteiger charge is -1.90. The predicted molar refractivity (Wildman–Crippen MR) is 31.3 cm³/mol. The predicted octanol–water partition coefficient (Wildman–Crippen LogP) is 0.555. The summed E-state index contributed by atoms with van der Waals surface area (Å²) in [6.45, 7) is 2.31. The van der Waals surface area contributed by atoms with E-state index in [4.69, 9.17) is 5.73 Å². The monoisotopic (exact) mass is 113 g/mol. The maximum Gasteiger partial charge on any atom is 0.333 e. The number of hydrogen-bond donors (Lipinski definition) is 1. The van der Waals surface area contributed by atoms with E-state index >= 15 is 0 Å². The lowest BCUT2D eigenvalue weighted by atomic mass is 10.5. The molecule has 0 saturated carbocycles. The summed E-state index contributed by atoms with van der Waals surface area (Å²) in [4.78, 5) is 9.84. The molecule has 0 aliphatic heterocycles. The fraction of sp³-hybridized carbons (Fsp3) is 0.400. The Kier molecular flexibility index (Phi) is 3.66. The Hall–Kier alpha value is -0.990. The zero-order valence-corrected chi connectivity index (χ0v) is 4.77. The third-order valence-electron chi connectivity index (χ3n) is 0.616. The molecular formula is C5H9N2O. The lowest BCUT2D eigenvalue weighted by Crippen LogP contribution is -2.21. The maximum absolute atomic E-state index is 9.84. The van der Waals surface area contributed by atoms with Crippen LogP contribution in [0.15, 0.2) is 12.2 Å². The second-order valence-corrected chi connectivity index (χ2v) is 1.28. The van der Waals surface area contributed by atoms with E-state index in [0.717, 1.165) is 0 Å². The molecule has 45 valence electrons. The first kappa shape index (κ1) is 7.01. The Morgan fingerprint density at radius 3 is 2.88 bits per heavy atom. The highest BCUT2D eigenvalue weighted by atomic mass is 16.2. The third kappa shape index (κ3) is 5.01. The van der Waals surface area contributed by atoms with Crippen LogP contribution in [-0.2, 0) is 0 Å². The van der Waals surface area contributed by atoms with Gasteiger partial charge in [0.05, 0.1) is 0 Å². The molecule has 0 aromatic rings. The fourth-order valence-corrected chi connectivity index (χ4v) is 0.269. The first-order valence-electron chi connectivity index (χ1n) is 2.38. The Balaban J connectivity index is 3.05. The molecule has 0 heterocycles. The molecule has 0 aromatic heterocycles. The van der Waals surface area contributed by atoms with Crippen molar-refractivity contribution < 1.29 is 4.79 Å². The second-order valence-electron chi connectivity index (χ2n) is 1.28. The summed E-state index contributed by atoms with van der Waals surface area (Å²) in [6, 6.07) is -0.733. The molecular weight excluding hydrogens is 104 g/mol. The number of allylic oxidation sites excluding steroid dienone is 1. The molecule has 0 spiro atoms. The number of hydrogen-bond acceptors (Lipinski definition) is 1. The van der Waals surface area contributed by atoms with Crippen molar-refractivity contribution in [3.8, 4) is 0 Å². The molecule has 0 fully saturated rings.